The van der Waals surface area contributed by atoms with Crippen LogP contribution in [0.15, 0.2) is 60.9 Å². The van der Waals surface area contributed by atoms with E-state index in [0.29, 0.717) is 23.5 Å². The quantitative estimate of drug-likeness (QED) is 0.311. The minimum absolute atomic E-state index is 0.185. The molecule has 0 unspecified atom stereocenters. The van der Waals surface area contributed by atoms with Crippen LogP contribution in [0.25, 0.3) is 11.6 Å². The molecule has 6 heteroatoms. The Morgan fingerprint density at radius 2 is 1.68 bits per heavy atom. The molecule has 0 radical (unpaired) electrons. The number of hydrogen-bond donors (Lipinski definition) is 2. The zero-order valence-corrected chi connectivity index (χ0v) is 24.7. The SMILES string of the molecule is CC.CC.COc1cc(C)c(/C=C(/C(=O)N[C@H]2c3ccccc3C[C@H]2O)c2ccncc2)cc1OC1CCCC1. The summed E-state index contributed by atoms with van der Waals surface area (Å²) >= 11 is 0. The first kappa shape index (κ1) is 30.9. The number of nitrogens with one attached hydrogen (secondary N) is 1. The number of benzene rings is 2. The number of carbonyl (C=O) groups excluding carboxylic acids is 1. The number of ether oxygens (including phenoxy) is 2. The van der Waals surface area contributed by atoms with E-state index in [-0.39, 0.29) is 12.0 Å². The molecule has 2 atom stereocenters. The molecule has 214 valence electrons. The van der Waals surface area contributed by atoms with Gasteiger partial charge >= 0.3 is 0 Å². The van der Waals surface area contributed by atoms with E-state index >= 15 is 0 Å². The van der Waals surface area contributed by atoms with Crippen molar-refractivity contribution < 1.29 is 19.4 Å². The molecule has 2 aromatic carbocycles. The maximum atomic E-state index is 13.7. The van der Waals surface area contributed by atoms with Crippen molar-refractivity contribution in [3.05, 3.63) is 88.7 Å². The lowest BCUT2D eigenvalue weighted by molar-refractivity contribution is -0.117. The number of pyridine rings is 1. The third-order valence-corrected chi connectivity index (χ3v) is 7.17. The van der Waals surface area contributed by atoms with Crippen molar-refractivity contribution >= 4 is 17.6 Å². The fourth-order valence-corrected chi connectivity index (χ4v) is 5.20. The van der Waals surface area contributed by atoms with Gasteiger partial charge in [-0.25, -0.2) is 0 Å². The first-order chi connectivity index (χ1) is 19.5. The van der Waals surface area contributed by atoms with E-state index in [1.807, 2.05) is 89.2 Å². The number of nitrogens with zero attached hydrogens (tertiary/aromatic N) is 1. The van der Waals surface area contributed by atoms with Gasteiger partial charge in [0.2, 0.25) is 0 Å². The average molecular weight is 545 g/mol. The monoisotopic (exact) mass is 544 g/mol. The van der Waals surface area contributed by atoms with Crippen LogP contribution in [-0.4, -0.2) is 35.3 Å². The van der Waals surface area contributed by atoms with Crippen LogP contribution in [0.1, 0.15) is 87.2 Å². The van der Waals surface area contributed by atoms with Crippen LogP contribution in [-0.2, 0) is 11.2 Å². The van der Waals surface area contributed by atoms with Gasteiger partial charge in [-0.05, 0) is 90.8 Å². The summed E-state index contributed by atoms with van der Waals surface area (Å²) in [5.41, 5.74) is 5.10. The number of carbonyl (C=O) groups is 1. The number of aromatic nitrogens is 1. The smallest absolute Gasteiger partial charge is 0.252 e. The Labute approximate surface area is 239 Å². The van der Waals surface area contributed by atoms with Crippen molar-refractivity contribution in [3.63, 3.8) is 0 Å². The lowest BCUT2D eigenvalue weighted by Crippen LogP contribution is -2.34. The maximum Gasteiger partial charge on any atom is 0.252 e. The topological polar surface area (TPSA) is 80.7 Å². The lowest BCUT2D eigenvalue weighted by atomic mass is 9.99. The number of fused-ring (bicyclic) bond motifs is 1. The molecule has 6 nitrogen and oxygen atoms in total. The number of aryl methyl sites for hydroxylation is 1. The van der Waals surface area contributed by atoms with Crippen molar-refractivity contribution in [1.29, 1.82) is 0 Å². The van der Waals surface area contributed by atoms with Crippen molar-refractivity contribution in [2.75, 3.05) is 7.11 Å². The van der Waals surface area contributed by atoms with E-state index in [9.17, 15) is 9.90 Å². The van der Waals surface area contributed by atoms with E-state index in [1.165, 1.54) is 12.8 Å². The summed E-state index contributed by atoms with van der Waals surface area (Å²) in [7, 11) is 1.65. The Morgan fingerprint density at radius 1 is 1.00 bits per heavy atom. The van der Waals surface area contributed by atoms with Gasteiger partial charge < -0.3 is 19.9 Å². The second kappa shape index (κ2) is 15.2. The van der Waals surface area contributed by atoms with Crippen molar-refractivity contribution in [3.8, 4) is 11.5 Å². The van der Waals surface area contributed by atoms with Crippen LogP contribution in [0, 0.1) is 6.92 Å². The van der Waals surface area contributed by atoms with Crippen molar-refractivity contribution in [2.45, 2.75) is 85.0 Å². The molecule has 1 heterocycles. The highest BCUT2D eigenvalue weighted by Crippen LogP contribution is 2.36. The van der Waals surface area contributed by atoms with Gasteiger partial charge in [0.25, 0.3) is 5.91 Å². The Hall–Kier alpha value is -3.64. The fraction of sp³-hybridized carbons (Fsp3) is 0.412. The van der Waals surface area contributed by atoms with E-state index < -0.39 is 12.1 Å². The Bertz CT molecular complexity index is 1270. The lowest BCUT2D eigenvalue weighted by Gasteiger charge is -2.20. The van der Waals surface area contributed by atoms with Crippen LogP contribution >= 0.6 is 0 Å². The molecule has 5 rings (SSSR count). The molecule has 1 saturated carbocycles. The van der Waals surface area contributed by atoms with E-state index in [0.717, 1.165) is 40.7 Å². The van der Waals surface area contributed by atoms with Gasteiger partial charge in [-0.1, -0.05) is 52.0 Å². The molecule has 2 N–H and O–H groups in total. The molecule has 1 amide bonds. The second-order valence-corrected chi connectivity index (χ2v) is 9.60. The summed E-state index contributed by atoms with van der Waals surface area (Å²) in [4.78, 5) is 17.8. The molecule has 3 aromatic rings. The molecule has 0 spiro atoms. The molecule has 0 aliphatic heterocycles. The van der Waals surface area contributed by atoms with Crippen LogP contribution < -0.4 is 14.8 Å². The summed E-state index contributed by atoms with van der Waals surface area (Å²) in [5, 5.41) is 13.8. The first-order valence-corrected chi connectivity index (χ1v) is 14.6. The summed E-state index contributed by atoms with van der Waals surface area (Å²) in [5.74, 6) is 1.13. The fourth-order valence-electron chi connectivity index (χ4n) is 5.20. The Balaban J connectivity index is 0.00000106. The van der Waals surface area contributed by atoms with Crippen LogP contribution in [0.3, 0.4) is 0 Å². The normalized spacial score (nSPS) is 18.0. The van der Waals surface area contributed by atoms with Crippen molar-refractivity contribution in [1.82, 2.24) is 10.3 Å². The molecule has 0 saturated heterocycles. The van der Waals surface area contributed by atoms with Crippen molar-refractivity contribution in [2.24, 2.45) is 0 Å². The second-order valence-electron chi connectivity index (χ2n) is 9.60. The highest BCUT2D eigenvalue weighted by atomic mass is 16.5. The predicted octanol–water partition coefficient (Wildman–Crippen LogP) is 7.09. The van der Waals surface area contributed by atoms with E-state index in [4.69, 9.17) is 9.47 Å². The van der Waals surface area contributed by atoms with Crippen LogP contribution in [0.5, 0.6) is 11.5 Å². The summed E-state index contributed by atoms with van der Waals surface area (Å²) in [6, 6.07) is 14.9. The first-order valence-electron chi connectivity index (χ1n) is 14.6. The molecule has 2 aliphatic rings. The molecule has 0 bridgehead atoms. The molecular formula is C34H44N2O4. The minimum atomic E-state index is -0.667. The van der Waals surface area contributed by atoms with Gasteiger partial charge in [0.1, 0.15) is 0 Å². The van der Waals surface area contributed by atoms with Crippen LogP contribution in [0.4, 0.5) is 0 Å². The Kier molecular flexibility index (Phi) is 11.8. The maximum absolute atomic E-state index is 13.7. The molecule has 1 fully saturated rings. The van der Waals surface area contributed by atoms with Gasteiger partial charge in [0, 0.05) is 24.4 Å². The van der Waals surface area contributed by atoms with Gasteiger partial charge in [0.15, 0.2) is 11.5 Å². The van der Waals surface area contributed by atoms with Crippen LogP contribution in [0.2, 0.25) is 0 Å². The third kappa shape index (κ3) is 7.30. The number of hydrogen-bond acceptors (Lipinski definition) is 5. The molecular weight excluding hydrogens is 500 g/mol. The van der Waals surface area contributed by atoms with Gasteiger partial charge in [-0.3, -0.25) is 9.78 Å². The highest BCUT2D eigenvalue weighted by molar-refractivity contribution is 6.24. The van der Waals surface area contributed by atoms with Gasteiger partial charge in [0.05, 0.1) is 25.4 Å². The number of rotatable bonds is 7. The summed E-state index contributed by atoms with van der Waals surface area (Å²) in [6.07, 6.45) is 9.70. The summed E-state index contributed by atoms with van der Waals surface area (Å²) in [6.45, 7) is 9.99. The molecule has 40 heavy (non-hydrogen) atoms. The van der Waals surface area contributed by atoms with Gasteiger partial charge in [-0.15, -0.1) is 0 Å². The van der Waals surface area contributed by atoms with E-state index in [1.54, 1.807) is 19.5 Å². The molecule has 1 aromatic heterocycles. The van der Waals surface area contributed by atoms with Gasteiger partial charge in [-0.2, -0.15) is 0 Å². The average Bonchev–Trinajstić information content (AvgIpc) is 3.62. The predicted molar refractivity (Wildman–Crippen MR) is 162 cm³/mol. The number of methoxy groups -OCH3 is 1. The standard InChI is InChI=1S/C30H32N2O4.2C2H6/c1-19-15-27(35-2)28(36-23-8-4-5-9-23)18-22(19)16-25(20-11-13-31-14-12-20)30(34)32-29-24-10-6-3-7-21(24)17-26(29)33;2*1-2/h3,6-7,10-16,18,23,26,29,33H,4-5,8-9,17H2,1-2H3,(H,32,34);2*1-2H3/b25-16+;;/t26-,29+;;/m1../s1. The molecule has 2 aliphatic carbocycles. The largest absolute Gasteiger partial charge is 0.493 e. The highest BCUT2D eigenvalue weighted by Gasteiger charge is 2.32. The summed E-state index contributed by atoms with van der Waals surface area (Å²) < 4.78 is 11.9. The zero-order chi connectivity index (χ0) is 29.1. The Morgan fingerprint density at radius 3 is 2.35 bits per heavy atom. The van der Waals surface area contributed by atoms with E-state index in [2.05, 4.69) is 10.3 Å². The zero-order valence-electron chi connectivity index (χ0n) is 24.7. The number of aliphatic hydroxyl groups is 1. The number of aliphatic hydroxyl groups excluding tert-OH is 1. The minimum Gasteiger partial charge on any atom is -0.493 e. The third-order valence-electron chi connectivity index (χ3n) is 7.17. The number of amides is 1.